The van der Waals surface area contributed by atoms with Gasteiger partial charge < -0.3 is 15.0 Å². The van der Waals surface area contributed by atoms with Gasteiger partial charge in [-0.1, -0.05) is 13.8 Å². The SMILES string of the molecule is CCN(C(=O)OC(C)(C)C)[C@@H](C(C)C)[C@@H]1CCCNC1. The number of ether oxygens (including phenoxy) is 1. The van der Waals surface area contributed by atoms with Crippen LogP contribution in [0.25, 0.3) is 0 Å². The number of piperidine rings is 1. The Hall–Kier alpha value is -0.770. The van der Waals surface area contributed by atoms with Crippen LogP contribution in [0, 0.1) is 11.8 Å². The fraction of sp³-hybridized carbons (Fsp3) is 0.938. The minimum absolute atomic E-state index is 0.177. The molecule has 1 aliphatic rings. The van der Waals surface area contributed by atoms with Gasteiger partial charge in [-0.2, -0.15) is 0 Å². The van der Waals surface area contributed by atoms with E-state index in [-0.39, 0.29) is 12.1 Å². The van der Waals surface area contributed by atoms with E-state index in [4.69, 9.17) is 4.74 Å². The highest BCUT2D eigenvalue weighted by Crippen LogP contribution is 2.26. The average molecular weight is 284 g/mol. The molecule has 0 aromatic rings. The van der Waals surface area contributed by atoms with Gasteiger partial charge in [-0.05, 0) is 65.5 Å². The van der Waals surface area contributed by atoms with Crippen LogP contribution in [0.3, 0.4) is 0 Å². The highest BCUT2D eigenvalue weighted by atomic mass is 16.6. The topological polar surface area (TPSA) is 41.6 Å². The summed E-state index contributed by atoms with van der Waals surface area (Å²) in [5.41, 5.74) is -0.434. The number of nitrogens with zero attached hydrogens (tertiary/aromatic N) is 1. The van der Waals surface area contributed by atoms with E-state index in [9.17, 15) is 4.79 Å². The molecule has 0 aromatic heterocycles. The molecule has 1 heterocycles. The quantitative estimate of drug-likeness (QED) is 0.861. The lowest BCUT2D eigenvalue weighted by Gasteiger charge is -2.41. The van der Waals surface area contributed by atoms with E-state index in [2.05, 4.69) is 19.2 Å². The first-order valence-electron chi connectivity index (χ1n) is 7.96. The molecule has 1 rings (SSSR count). The molecule has 0 spiro atoms. The normalized spacial score (nSPS) is 21.6. The number of carbonyl (C=O) groups is 1. The Balaban J connectivity index is 2.82. The first-order chi connectivity index (χ1) is 9.26. The molecule has 20 heavy (non-hydrogen) atoms. The van der Waals surface area contributed by atoms with Crippen molar-refractivity contribution in [2.45, 2.75) is 66.0 Å². The van der Waals surface area contributed by atoms with Gasteiger partial charge in [0.1, 0.15) is 5.60 Å². The molecular formula is C16H32N2O2. The maximum absolute atomic E-state index is 12.5. The van der Waals surface area contributed by atoms with Crippen molar-refractivity contribution < 1.29 is 9.53 Å². The molecule has 0 aromatic carbocycles. The lowest BCUT2D eigenvalue weighted by atomic mass is 9.84. The molecule has 1 saturated heterocycles. The van der Waals surface area contributed by atoms with Gasteiger partial charge in [0.15, 0.2) is 0 Å². The molecule has 118 valence electrons. The Morgan fingerprint density at radius 2 is 2.05 bits per heavy atom. The first-order valence-corrected chi connectivity index (χ1v) is 7.96. The summed E-state index contributed by atoms with van der Waals surface area (Å²) in [6, 6.07) is 0.252. The van der Waals surface area contributed by atoms with Crippen LogP contribution in [-0.4, -0.2) is 42.3 Å². The fourth-order valence-corrected chi connectivity index (χ4v) is 3.11. The van der Waals surface area contributed by atoms with Gasteiger partial charge in [-0.15, -0.1) is 0 Å². The van der Waals surface area contributed by atoms with Gasteiger partial charge >= 0.3 is 6.09 Å². The van der Waals surface area contributed by atoms with Gasteiger partial charge in [0.2, 0.25) is 0 Å². The Morgan fingerprint density at radius 3 is 2.45 bits per heavy atom. The van der Waals surface area contributed by atoms with E-state index in [0.717, 1.165) is 13.1 Å². The molecule has 0 unspecified atom stereocenters. The fourth-order valence-electron chi connectivity index (χ4n) is 3.11. The van der Waals surface area contributed by atoms with Gasteiger partial charge in [-0.3, -0.25) is 0 Å². The van der Waals surface area contributed by atoms with E-state index >= 15 is 0 Å². The standard InChI is InChI=1S/C16H32N2O2/c1-7-18(15(19)20-16(4,5)6)14(12(2)3)13-9-8-10-17-11-13/h12-14,17H,7-11H2,1-6H3/t13-,14+/m1/s1. The first kappa shape index (κ1) is 17.3. The van der Waals surface area contributed by atoms with Crippen LogP contribution in [0.15, 0.2) is 0 Å². The van der Waals surface area contributed by atoms with E-state index in [1.165, 1.54) is 12.8 Å². The predicted molar refractivity (Wildman–Crippen MR) is 82.8 cm³/mol. The van der Waals surface area contributed by atoms with Crippen LogP contribution in [0.4, 0.5) is 4.79 Å². The second-order valence-electron chi connectivity index (χ2n) is 7.11. The summed E-state index contributed by atoms with van der Waals surface area (Å²) in [5.74, 6) is 0.962. The van der Waals surface area contributed by atoms with Gasteiger partial charge in [0.25, 0.3) is 0 Å². The van der Waals surface area contributed by atoms with Crippen molar-refractivity contribution in [1.29, 1.82) is 0 Å². The van der Waals surface area contributed by atoms with Crippen LogP contribution in [0.5, 0.6) is 0 Å². The van der Waals surface area contributed by atoms with E-state index in [0.29, 0.717) is 18.4 Å². The molecule has 4 nitrogen and oxygen atoms in total. The summed E-state index contributed by atoms with van der Waals surface area (Å²) in [7, 11) is 0. The van der Waals surface area contributed by atoms with E-state index < -0.39 is 5.60 Å². The number of hydrogen-bond acceptors (Lipinski definition) is 3. The van der Waals surface area contributed by atoms with E-state index in [1.807, 2.05) is 32.6 Å². The van der Waals surface area contributed by atoms with Crippen molar-refractivity contribution in [1.82, 2.24) is 10.2 Å². The molecule has 0 saturated carbocycles. The summed E-state index contributed by atoms with van der Waals surface area (Å²) >= 11 is 0. The zero-order chi connectivity index (χ0) is 15.3. The summed E-state index contributed by atoms with van der Waals surface area (Å²) in [6.07, 6.45) is 2.21. The molecule has 1 amide bonds. The second-order valence-corrected chi connectivity index (χ2v) is 7.11. The Kier molecular flexibility index (Phi) is 6.31. The number of nitrogens with one attached hydrogen (secondary N) is 1. The molecule has 2 atom stereocenters. The van der Waals surface area contributed by atoms with Crippen LogP contribution in [0.1, 0.15) is 54.4 Å². The minimum Gasteiger partial charge on any atom is -0.444 e. The zero-order valence-corrected chi connectivity index (χ0v) is 14.0. The molecule has 0 bridgehead atoms. The number of carbonyl (C=O) groups excluding carboxylic acids is 1. The minimum atomic E-state index is -0.434. The molecule has 4 heteroatoms. The lowest BCUT2D eigenvalue weighted by Crippen LogP contribution is -2.52. The van der Waals surface area contributed by atoms with Gasteiger partial charge in [-0.25, -0.2) is 4.79 Å². The Bertz CT molecular complexity index is 304. The third-order valence-electron chi connectivity index (χ3n) is 3.83. The van der Waals surface area contributed by atoms with Crippen LogP contribution < -0.4 is 5.32 Å². The molecular weight excluding hydrogens is 252 g/mol. The number of amides is 1. The van der Waals surface area contributed by atoms with Gasteiger partial charge in [0.05, 0.1) is 0 Å². The highest BCUT2D eigenvalue weighted by Gasteiger charge is 2.35. The number of rotatable bonds is 4. The second kappa shape index (κ2) is 7.30. The van der Waals surface area contributed by atoms with Crippen molar-refractivity contribution in [2.24, 2.45) is 11.8 Å². The van der Waals surface area contributed by atoms with E-state index in [1.54, 1.807) is 0 Å². The van der Waals surface area contributed by atoms with Crippen LogP contribution >= 0.6 is 0 Å². The summed E-state index contributed by atoms with van der Waals surface area (Å²) in [6.45, 7) is 15.0. The van der Waals surface area contributed by atoms with Crippen LogP contribution in [-0.2, 0) is 4.74 Å². The maximum Gasteiger partial charge on any atom is 0.410 e. The summed E-state index contributed by atoms with van der Waals surface area (Å²) < 4.78 is 5.58. The monoisotopic (exact) mass is 284 g/mol. The van der Waals surface area contributed by atoms with Crippen LogP contribution in [0.2, 0.25) is 0 Å². The van der Waals surface area contributed by atoms with Gasteiger partial charge in [0, 0.05) is 12.6 Å². The van der Waals surface area contributed by atoms with Crippen molar-refractivity contribution in [3.05, 3.63) is 0 Å². The van der Waals surface area contributed by atoms with Crippen molar-refractivity contribution in [3.8, 4) is 0 Å². The lowest BCUT2D eigenvalue weighted by molar-refractivity contribution is 0.00179. The molecule has 0 radical (unpaired) electrons. The smallest absolute Gasteiger partial charge is 0.410 e. The highest BCUT2D eigenvalue weighted by molar-refractivity contribution is 5.68. The summed E-state index contributed by atoms with van der Waals surface area (Å²) in [4.78, 5) is 14.4. The number of hydrogen-bond donors (Lipinski definition) is 1. The Morgan fingerprint density at radius 1 is 1.40 bits per heavy atom. The molecule has 1 fully saturated rings. The maximum atomic E-state index is 12.5. The molecule has 1 N–H and O–H groups in total. The predicted octanol–water partition coefficient (Wildman–Crippen LogP) is 3.27. The zero-order valence-electron chi connectivity index (χ0n) is 14.0. The average Bonchev–Trinajstić information content (AvgIpc) is 2.33. The van der Waals surface area contributed by atoms with Crippen molar-refractivity contribution in [2.75, 3.05) is 19.6 Å². The van der Waals surface area contributed by atoms with Crippen molar-refractivity contribution >= 4 is 6.09 Å². The largest absolute Gasteiger partial charge is 0.444 e. The molecule has 1 aliphatic heterocycles. The Labute approximate surface area is 124 Å². The molecule has 0 aliphatic carbocycles. The third kappa shape index (κ3) is 4.97. The summed E-state index contributed by atoms with van der Waals surface area (Å²) in [5, 5.41) is 3.46. The third-order valence-corrected chi connectivity index (χ3v) is 3.83. The van der Waals surface area contributed by atoms with Crippen molar-refractivity contribution in [3.63, 3.8) is 0 Å².